The van der Waals surface area contributed by atoms with Crippen molar-refractivity contribution in [2.75, 3.05) is 11.1 Å². The quantitative estimate of drug-likeness (QED) is 0.822. The van der Waals surface area contributed by atoms with E-state index in [1.54, 1.807) is 12.1 Å². The Morgan fingerprint density at radius 3 is 2.63 bits per heavy atom. The van der Waals surface area contributed by atoms with E-state index in [-0.39, 0.29) is 5.91 Å². The maximum atomic E-state index is 12.1. The molecule has 6 heteroatoms. The Bertz CT molecular complexity index is 635. The lowest BCUT2D eigenvalue weighted by atomic mass is 10.2. The lowest BCUT2D eigenvalue weighted by Crippen LogP contribution is -2.10. The summed E-state index contributed by atoms with van der Waals surface area (Å²) in [5.74, 6) is -0.189. The van der Waals surface area contributed by atoms with E-state index in [9.17, 15) is 4.79 Å². The van der Waals surface area contributed by atoms with Crippen molar-refractivity contribution in [2.45, 2.75) is 13.8 Å². The van der Waals surface area contributed by atoms with Gasteiger partial charge in [-0.1, -0.05) is 11.6 Å². The normalized spacial score (nSPS) is 10.5. The molecule has 3 N–H and O–H groups in total. The van der Waals surface area contributed by atoms with Crippen LogP contribution in [0.3, 0.4) is 0 Å². The van der Waals surface area contributed by atoms with Crippen LogP contribution < -0.4 is 11.1 Å². The number of hydrogen-bond donors (Lipinski definition) is 2. The van der Waals surface area contributed by atoms with Gasteiger partial charge in [-0.3, -0.25) is 4.79 Å². The molecule has 1 amide bonds. The standard InChI is InChI=1S/C13H12BrClN2OS/c1-6-3-8(14)11(4-9(6)15)17-13(18)12-5-10(16)7(2)19-12/h3-5H,16H2,1-2H3,(H,17,18). The molecule has 100 valence electrons. The molecule has 2 aromatic rings. The van der Waals surface area contributed by atoms with Crippen molar-refractivity contribution in [2.24, 2.45) is 0 Å². The summed E-state index contributed by atoms with van der Waals surface area (Å²) in [4.78, 5) is 13.6. The van der Waals surface area contributed by atoms with E-state index < -0.39 is 0 Å². The van der Waals surface area contributed by atoms with Crippen LogP contribution in [0.1, 0.15) is 20.1 Å². The first kappa shape index (κ1) is 14.4. The van der Waals surface area contributed by atoms with Crippen LogP contribution in [0.2, 0.25) is 5.02 Å². The van der Waals surface area contributed by atoms with Crippen LogP contribution >= 0.6 is 38.9 Å². The lowest BCUT2D eigenvalue weighted by molar-refractivity contribution is 0.103. The zero-order chi connectivity index (χ0) is 14.2. The van der Waals surface area contributed by atoms with Gasteiger partial charge in [-0.2, -0.15) is 0 Å². The molecular weight excluding hydrogens is 348 g/mol. The smallest absolute Gasteiger partial charge is 0.265 e. The minimum atomic E-state index is -0.189. The maximum absolute atomic E-state index is 12.1. The Morgan fingerprint density at radius 1 is 1.37 bits per heavy atom. The zero-order valence-corrected chi connectivity index (χ0v) is 13.5. The van der Waals surface area contributed by atoms with E-state index in [0.717, 1.165) is 14.9 Å². The molecule has 0 aliphatic heterocycles. The number of rotatable bonds is 2. The molecule has 0 unspecified atom stereocenters. The topological polar surface area (TPSA) is 55.1 Å². The summed E-state index contributed by atoms with van der Waals surface area (Å²) in [6, 6.07) is 5.27. The second-order valence-electron chi connectivity index (χ2n) is 4.16. The van der Waals surface area contributed by atoms with Gasteiger partial charge < -0.3 is 11.1 Å². The number of nitrogen functional groups attached to an aromatic ring is 1. The Balaban J connectivity index is 2.26. The van der Waals surface area contributed by atoms with E-state index in [1.165, 1.54) is 11.3 Å². The van der Waals surface area contributed by atoms with Gasteiger partial charge >= 0.3 is 0 Å². The van der Waals surface area contributed by atoms with Gasteiger partial charge in [0.15, 0.2) is 0 Å². The van der Waals surface area contributed by atoms with Crippen molar-refractivity contribution in [3.63, 3.8) is 0 Å². The highest BCUT2D eigenvalue weighted by atomic mass is 79.9. The van der Waals surface area contributed by atoms with Gasteiger partial charge in [-0.05, 0) is 53.5 Å². The average Bonchev–Trinajstić information content (AvgIpc) is 2.67. The summed E-state index contributed by atoms with van der Waals surface area (Å²) >= 11 is 10.8. The summed E-state index contributed by atoms with van der Waals surface area (Å²) < 4.78 is 0.795. The van der Waals surface area contributed by atoms with Gasteiger partial charge in [0, 0.05) is 20.1 Å². The zero-order valence-electron chi connectivity index (χ0n) is 10.4. The van der Waals surface area contributed by atoms with Crippen molar-refractivity contribution < 1.29 is 4.79 Å². The van der Waals surface area contributed by atoms with Crippen LogP contribution in [-0.2, 0) is 0 Å². The molecule has 0 bridgehead atoms. The number of anilines is 2. The van der Waals surface area contributed by atoms with Crippen LogP contribution in [0.15, 0.2) is 22.7 Å². The molecule has 3 nitrogen and oxygen atoms in total. The van der Waals surface area contributed by atoms with Gasteiger partial charge in [-0.15, -0.1) is 11.3 Å². The van der Waals surface area contributed by atoms with Crippen LogP contribution in [0.4, 0.5) is 11.4 Å². The maximum Gasteiger partial charge on any atom is 0.265 e. The highest BCUT2D eigenvalue weighted by molar-refractivity contribution is 9.10. The predicted molar refractivity (Wildman–Crippen MR) is 85.3 cm³/mol. The second-order valence-corrected chi connectivity index (χ2v) is 6.68. The molecule has 1 aromatic carbocycles. The minimum Gasteiger partial charge on any atom is -0.398 e. The lowest BCUT2D eigenvalue weighted by Gasteiger charge is -2.08. The van der Waals surface area contributed by atoms with Crippen molar-refractivity contribution in [3.05, 3.63) is 43.0 Å². The summed E-state index contributed by atoms with van der Waals surface area (Å²) in [5.41, 5.74) is 7.97. The number of halogens is 2. The monoisotopic (exact) mass is 358 g/mol. The third kappa shape index (κ3) is 3.11. The fraction of sp³-hybridized carbons (Fsp3) is 0.154. The molecule has 0 spiro atoms. The van der Waals surface area contributed by atoms with Crippen LogP contribution in [0, 0.1) is 13.8 Å². The summed E-state index contributed by atoms with van der Waals surface area (Å²) in [6.07, 6.45) is 0. The van der Waals surface area contributed by atoms with Gasteiger partial charge in [-0.25, -0.2) is 0 Å². The van der Waals surface area contributed by atoms with E-state index in [1.807, 2.05) is 19.9 Å². The minimum absolute atomic E-state index is 0.189. The third-order valence-electron chi connectivity index (χ3n) is 2.68. The SMILES string of the molecule is Cc1cc(Br)c(NC(=O)c2cc(N)c(C)s2)cc1Cl. The Morgan fingerprint density at radius 2 is 2.05 bits per heavy atom. The van der Waals surface area contributed by atoms with E-state index in [0.29, 0.717) is 21.3 Å². The molecule has 0 atom stereocenters. The highest BCUT2D eigenvalue weighted by Crippen LogP contribution is 2.30. The predicted octanol–water partition coefficient (Wildman–Crippen LogP) is 4.62. The van der Waals surface area contributed by atoms with Gasteiger partial charge in [0.2, 0.25) is 0 Å². The number of carbonyl (C=O) groups excluding carboxylic acids is 1. The van der Waals surface area contributed by atoms with E-state index in [4.69, 9.17) is 17.3 Å². The summed E-state index contributed by atoms with van der Waals surface area (Å²) in [7, 11) is 0. The first-order valence-electron chi connectivity index (χ1n) is 5.51. The summed E-state index contributed by atoms with van der Waals surface area (Å²) in [5, 5.41) is 3.43. The number of nitrogens with two attached hydrogens (primary N) is 1. The fourth-order valence-electron chi connectivity index (χ4n) is 1.53. The molecule has 1 aromatic heterocycles. The van der Waals surface area contributed by atoms with E-state index in [2.05, 4.69) is 21.2 Å². The van der Waals surface area contributed by atoms with Crippen molar-refractivity contribution in [3.8, 4) is 0 Å². The number of nitrogens with one attached hydrogen (secondary N) is 1. The largest absolute Gasteiger partial charge is 0.398 e. The molecule has 1 heterocycles. The van der Waals surface area contributed by atoms with Crippen LogP contribution in [-0.4, -0.2) is 5.91 Å². The van der Waals surface area contributed by atoms with Crippen molar-refractivity contribution >= 4 is 56.1 Å². The molecule has 0 radical (unpaired) electrons. The van der Waals surface area contributed by atoms with E-state index >= 15 is 0 Å². The number of benzene rings is 1. The van der Waals surface area contributed by atoms with Gasteiger partial charge in [0.1, 0.15) is 0 Å². The molecule has 19 heavy (non-hydrogen) atoms. The summed E-state index contributed by atoms with van der Waals surface area (Å²) in [6.45, 7) is 3.79. The second kappa shape index (κ2) is 5.53. The van der Waals surface area contributed by atoms with Crippen LogP contribution in [0.5, 0.6) is 0 Å². The Hall–Kier alpha value is -1.04. The Labute approximate surface area is 128 Å². The van der Waals surface area contributed by atoms with Gasteiger partial charge in [0.25, 0.3) is 5.91 Å². The first-order valence-corrected chi connectivity index (χ1v) is 7.50. The van der Waals surface area contributed by atoms with Crippen molar-refractivity contribution in [1.82, 2.24) is 0 Å². The third-order valence-corrected chi connectivity index (χ3v) is 4.80. The molecule has 0 aliphatic carbocycles. The number of hydrogen-bond acceptors (Lipinski definition) is 3. The molecule has 0 saturated carbocycles. The molecule has 0 saturated heterocycles. The number of carbonyl (C=O) groups is 1. The number of amides is 1. The van der Waals surface area contributed by atoms with Crippen molar-refractivity contribution in [1.29, 1.82) is 0 Å². The molecule has 2 rings (SSSR count). The highest BCUT2D eigenvalue weighted by Gasteiger charge is 2.13. The number of thiophene rings is 1. The molecule has 0 fully saturated rings. The van der Waals surface area contributed by atoms with Gasteiger partial charge in [0.05, 0.1) is 10.6 Å². The molecule has 0 aliphatic rings. The molecular formula is C13H12BrClN2OS. The average molecular weight is 360 g/mol. The first-order chi connectivity index (χ1) is 8.88. The Kier molecular flexibility index (Phi) is 4.18. The fourth-order valence-corrected chi connectivity index (χ4v) is 3.09. The van der Waals surface area contributed by atoms with Crippen LogP contribution in [0.25, 0.3) is 0 Å². The number of aryl methyl sites for hydroxylation is 2.